The first-order valence-corrected chi connectivity index (χ1v) is 9.50. The highest BCUT2D eigenvalue weighted by atomic mass is 19.4. The van der Waals surface area contributed by atoms with Crippen molar-refractivity contribution in [2.75, 3.05) is 0 Å². The maximum absolute atomic E-state index is 13.4. The maximum atomic E-state index is 13.4. The van der Waals surface area contributed by atoms with Gasteiger partial charge in [-0.15, -0.1) is 0 Å². The Bertz CT molecular complexity index is 513. The fraction of sp³-hybridized carbons (Fsp3) is 0.800. The summed E-state index contributed by atoms with van der Waals surface area (Å²) in [7, 11) is 0. The molecular weight excluding hydrogens is 354 g/mol. The fourth-order valence-electron chi connectivity index (χ4n) is 4.56. The molecule has 0 aromatic heterocycles. The third-order valence-electron chi connectivity index (χ3n) is 6.04. The predicted octanol–water partition coefficient (Wildman–Crippen LogP) is 7.62. The normalized spacial score (nSPS) is 32.9. The SMILES string of the molecule is C=C1CC[C@@H](CC=C2CC[C@@H](CCC)C(C(F)(F)F)C2)C(C(F)(F)F)C1. The minimum atomic E-state index is -4.28. The molecule has 26 heavy (non-hydrogen) atoms. The third-order valence-corrected chi connectivity index (χ3v) is 6.04. The Morgan fingerprint density at radius 2 is 1.50 bits per heavy atom. The van der Waals surface area contributed by atoms with Crippen LogP contribution in [0.15, 0.2) is 23.8 Å². The van der Waals surface area contributed by atoms with Gasteiger partial charge in [-0.1, -0.05) is 43.6 Å². The predicted molar refractivity (Wildman–Crippen MR) is 90.5 cm³/mol. The highest BCUT2D eigenvalue weighted by molar-refractivity contribution is 5.11. The minimum absolute atomic E-state index is 0.0513. The van der Waals surface area contributed by atoms with Crippen molar-refractivity contribution in [3.8, 4) is 0 Å². The molecule has 2 unspecified atom stereocenters. The molecule has 0 heterocycles. The Balaban J connectivity index is 2.06. The van der Waals surface area contributed by atoms with Crippen molar-refractivity contribution in [3.63, 3.8) is 0 Å². The van der Waals surface area contributed by atoms with E-state index in [-0.39, 0.29) is 25.2 Å². The van der Waals surface area contributed by atoms with E-state index >= 15 is 0 Å². The molecule has 4 atom stereocenters. The van der Waals surface area contributed by atoms with Crippen molar-refractivity contribution in [1.82, 2.24) is 0 Å². The number of hydrogen-bond donors (Lipinski definition) is 0. The van der Waals surface area contributed by atoms with Crippen molar-refractivity contribution in [1.29, 1.82) is 0 Å². The quantitative estimate of drug-likeness (QED) is 0.347. The first kappa shape index (κ1) is 21.4. The standard InChI is InChI=1S/C20H28F6/c1-3-4-15-9-6-14(12-18(15)20(24,25)26)7-10-16-8-5-13(2)11-17(16)19(21,22)23/h7,15-18H,2-6,8-12H2,1H3/t15-,16+,17?,18?/m1/s1. The van der Waals surface area contributed by atoms with Gasteiger partial charge < -0.3 is 0 Å². The van der Waals surface area contributed by atoms with Gasteiger partial charge in [-0.3, -0.25) is 0 Å². The summed E-state index contributed by atoms with van der Waals surface area (Å²) < 4.78 is 79.9. The lowest BCUT2D eigenvalue weighted by Gasteiger charge is -2.36. The van der Waals surface area contributed by atoms with Gasteiger partial charge in [0, 0.05) is 0 Å². The van der Waals surface area contributed by atoms with E-state index in [1.807, 2.05) is 6.92 Å². The molecule has 0 aromatic carbocycles. The molecular formula is C20H28F6. The number of hydrogen-bond acceptors (Lipinski definition) is 0. The molecule has 0 spiro atoms. The second kappa shape index (κ2) is 8.39. The van der Waals surface area contributed by atoms with Crippen LogP contribution < -0.4 is 0 Å². The van der Waals surface area contributed by atoms with E-state index in [2.05, 4.69) is 6.58 Å². The summed E-state index contributed by atoms with van der Waals surface area (Å²) in [4.78, 5) is 0. The Morgan fingerprint density at radius 3 is 2.08 bits per heavy atom. The van der Waals surface area contributed by atoms with Crippen LogP contribution in [-0.4, -0.2) is 12.4 Å². The van der Waals surface area contributed by atoms with Crippen LogP contribution in [0.1, 0.15) is 64.7 Å². The number of alkyl halides is 6. The fourth-order valence-corrected chi connectivity index (χ4v) is 4.56. The van der Waals surface area contributed by atoms with E-state index in [4.69, 9.17) is 0 Å². The van der Waals surface area contributed by atoms with Gasteiger partial charge in [0.15, 0.2) is 0 Å². The zero-order valence-corrected chi connectivity index (χ0v) is 15.2. The van der Waals surface area contributed by atoms with Gasteiger partial charge in [0.25, 0.3) is 0 Å². The van der Waals surface area contributed by atoms with Gasteiger partial charge in [0.1, 0.15) is 0 Å². The average molecular weight is 382 g/mol. The summed E-state index contributed by atoms with van der Waals surface area (Å²) in [6, 6.07) is 0. The second-order valence-corrected chi connectivity index (χ2v) is 7.94. The maximum Gasteiger partial charge on any atom is 0.392 e. The monoisotopic (exact) mass is 382 g/mol. The molecule has 0 bridgehead atoms. The Hall–Kier alpha value is -0.940. The lowest BCUT2D eigenvalue weighted by molar-refractivity contribution is -0.192. The first-order valence-electron chi connectivity index (χ1n) is 9.50. The van der Waals surface area contributed by atoms with Crippen molar-refractivity contribution in [2.24, 2.45) is 23.7 Å². The molecule has 2 aliphatic rings. The highest BCUT2D eigenvalue weighted by Crippen LogP contribution is 2.47. The molecule has 2 fully saturated rings. The lowest BCUT2D eigenvalue weighted by Crippen LogP contribution is -2.34. The van der Waals surface area contributed by atoms with E-state index < -0.39 is 30.1 Å². The molecule has 0 aliphatic heterocycles. The first-order chi connectivity index (χ1) is 12.0. The Morgan fingerprint density at radius 1 is 0.923 bits per heavy atom. The minimum Gasteiger partial charge on any atom is -0.171 e. The molecule has 0 nitrogen and oxygen atoms in total. The molecule has 2 rings (SSSR count). The van der Waals surface area contributed by atoms with E-state index in [9.17, 15) is 26.3 Å². The van der Waals surface area contributed by atoms with Gasteiger partial charge in [-0.2, -0.15) is 26.3 Å². The van der Waals surface area contributed by atoms with Crippen molar-refractivity contribution in [2.45, 2.75) is 77.1 Å². The molecule has 150 valence electrons. The van der Waals surface area contributed by atoms with Crippen LogP contribution in [0.25, 0.3) is 0 Å². The van der Waals surface area contributed by atoms with E-state index in [1.165, 1.54) is 0 Å². The highest BCUT2D eigenvalue weighted by Gasteiger charge is 2.47. The van der Waals surface area contributed by atoms with Crippen molar-refractivity contribution >= 4 is 0 Å². The van der Waals surface area contributed by atoms with Crippen LogP contribution in [0.2, 0.25) is 0 Å². The summed E-state index contributed by atoms with van der Waals surface area (Å²) in [6.07, 6.45) is -3.41. The van der Waals surface area contributed by atoms with Crippen LogP contribution in [-0.2, 0) is 0 Å². The van der Waals surface area contributed by atoms with Gasteiger partial charge in [0.05, 0.1) is 11.8 Å². The third kappa shape index (κ3) is 5.53. The van der Waals surface area contributed by atoms with Gasteiger partial charge >= 0.3 is 12.4 Å². The van der Waals surface area contributed by atoms with Crippen LogP contribution in [0.4, 0.5) is 26.3 Å². The molecule has 2 saturated carbocycles. The molecule has 0 amide bonds. The van der Waals surface area contributed by atoms with E-state index in [1.54, 1.807) is 6.08 Å². The van der Waals surface area contributed by atoms with Crippen LogP contribution in [0, 0.1) is 23.7 Å². The largest absolute Gasteiger partial charge is 0.392 e. The molecule has 6 heteroatoms. The summed E-state index contributed by atoms with van der Waals surface area (Å²) in [6.45, 7) is 5.57. The Kier molecular flexibility index (Phi) is 6.89. The summed E-state index contributed by atoms with van der Waals surface area (Å²) in [5.41, 5.74) is 1.30. The summed E-state index contributed by atoms with van der Waals surface area (Å²) >= 11 is 0. The van der Waals surface area contributed by atoms with Gasteiger partial charge in [-0.05, 0) is 56.8 Å². The average Bonchev–Trinajstić information content (AvgIpc) is 2.53. The number of allylic oxidation sites excluding steroid dienone is 3. The van der Waals surface area contributed by atoms with E-state index in [0.29, 0.717) is 43.3 Å². The van der Waals surface area contributed by atoms with Gasteiger partial charge in [-0.25, -0.2) is 0 Å². The molecule has 2 aliphatic carbocycles. The van der Waals surface area contributed by atoms with Crippen molar-refractivity contribution < 1.29 is 26.3 Å². The van der Waals surface area contributed by atoms with Crippen LogP contribution in [0.3, 0.4) is 0 Å². The molecule has 0 saturated heterocycles. The van der Waals surface area contributed by atoms with Crippen LogP contribution >= 0.6 is 0 Å². The second-order valence-electron chi connectivity index (χ2n) is 7.94. The lowest BCUT2D eigenvalue weighted by atomic mass is 9.72. The van der Waals surface area contributed by atoms with Crippen LogP contribution in [0.5, 0.6) is 0 Å². The number of halogens is 6. The zero-order valence-electron chi connectivity index (χ0n) is 15.2. The zero-order chi connectivity index (χ0) is 19.5. The van der Waals surface area contributed by atoms with E-state index in [0.717, 1.165) is 6.42 Å². The topological polar surface area (TPSA) is 0 Å². The van der Waals surface area contributed by atoms with Gasteiger partial charge in [0.2, 0.25) is 0 Å². The number of rotatable bonds is 4. The summed E-state index contributed by atoms with van der Waals surface area (Å²) in [5, 5.41) is 0. The van der Waals surface area contributed by atoms with Crippen molar-refractivity contribution in [3.05, 3.63) is 23.8 Å². The molecule has 0 aromatic rings. The summed E-state index contributed by atoms with van der Waals surface area (Å²) in [5.74, 6) is -3.69. The smallest absolute Gasteiger partial charge is 0.171 e. The molecule has 0 N–H and O–H groups in total. The molecule has 0 radical (unpaired) electrons. The Labute approximate surface area is 151 Å².